The van der Waals surface area contributed by atoms with Crippen LogP contribution in [0.1, 0.15) is 29.8 Å². The number of aryl methyl sites for hydroxylation is 2. The SMILES string of the molecule is COC(=O)Nc1ccc(-c2nc([C@@H]3CCc4cc(-c5cccc(Cl)c5)cc(=O)n43)oc2C)cc1. The van der Waals surface area contributed by atoms with Crippen LogP contribution in [0.3, 0.4) is 0 Å². The minimum atomic E-state index is -0.531. The molecule has 0 aliphatic carbocycles. The van der Waals surface area contributed by atoms with Crippen molar-refractivity contribution in [2.75, 3.05) is 12.4 Å². The number of pyridine rings is 1. The lowest BCUT2D eigenvalue weighted by Crippen LogP contribution is -2.23. The van der Waals surface area contributed by atoms with Crippen LogP contribution in [0.15, 0.2) is 69.9 Å². The van der Waals surface area contributed by atoms with E-state index in [1.54, 1.807) is 22.8 Å². The zero-order valence-electron chi connectivity index (χ0n) is 18.7. The van der Waals surface area contributed by atoms with Crippen LogP contribution in [0.2, 0.25) is 5.02 Å². The Morgan fingerprint density at radius 2 is 1.91 bits per heavy atom. The normalized spacial score (nSPS) is 14.6. The zero-order chi connectivity index (χ0) is 23.8. The van der Waals surface area contributed by atoms with Crippen LogP contribution in [0.4, 0.5) is 10.5 Å². The quantitative estimate of drug-likeness (QED) is 0.400. The highest BCUT2D eigenvalue weighted by atomic mass is 35.5. The van der Waals surface area contributed by atoms with E-state index in [9.17, 15) is 9.59 Å². The number of halogens is 1. The molecule has 1 aliphatic rings. The van der Waals surface area contributed by atoms with Crippen molar-refractivity contribution < 1.29 is 13.9 Å². The topological polar surface area (TPSA) is 86.4 Å². The molecule has 0 fully saturated rings. The van der Waals surface area contributed by atoms with Gasteiger partial charge in [-0.2, -0.15) is 0 Å². The van der Waals surface area contributed by atoms with Gasteiger partial charge in [0, 0.05) is 28.0 Å². The number of nitrogens with zero attached hydrogens (tertiary/aromatic N) is 2. The molecule has 0 radical (unpaired) electrons. The predicted molar refractivity (Wildman–Crippen MR) is 130 cm³/mol. The van der Waals surface area contributed by atoms with Crippen molar-refractivity contribution >= 4 is 23.4 Å². The van der Waals surface area contributed by atoms with Gasteiger partial charge in [-0.1, -0.05) is 35.9 Å². The molecular formula is C26H22ClN3O4. The first-order valence-corrected chi connectivity index (χ1v) is 11.2. The first-order chi connectivity index (χ1) is 16.4. The number of aromatic nitrogens is 2. The van der Waals surface area contributed by atoms with Crippen LogP contribution in [-0.4, -0.2) is 22.8 Å². The molecule has 0 unspecified atom stereocenters. The molecule has 1 aliphatic heterocycles. The van der Waals surface area contributed by atoms with E-state index < -0.39 is 6.09 Å². The molecule has 2 aromatic heterocycles. The molecule has 7 nitrogen and oxygen atoms in total. The second-order valence-electron chi connectivity index (χ2n) is 8.16. The summed E-state index contributed by atoms with van der Waals surface area (Å²) in [7, 11) is 1.31. The fraction of sp³-hybridized carbons (Fsp3) is 0.192. The Morgan fingerprint density at radius 3 is 2.65 bits per heavy atom. The number of nitrogens with one attached hydrogen (secondary N) is 1. The number of amides is 1. The van der Waals surface area contributed by atoms with Gasteiger partial charge in [0.25, 0.3) is 5.56 Å². The van der Waals surface area contributed by atoms with Crippen molar-refractivity contribution in [3.05, 3.63) is 93.4 Å². The van der Waals surface area contributed by atoms with Crippen LogP contribution < -0.4 is 10.9 Å². The third kappa shape index (κ3) is 4.10. The largest absolute Gasteiger partial charge is 0.453 e. The maximum Gasteiger partial charge on any atom is 0.411 e. The molecule has 5 rings (SSSR count). The highest BCUT2D eigenvalue weighted by molar-refractivity contribution is 6.30. The standard InChI is InChI=1S/C26H22ClN3O4/c1-15-24(16-6-8-20(9-7-16)28-26(32)33-2)29-25(34-15)22-11-10-21-13-18(14-23(31)30(21)22)17-4-3-5-19(27)12-17/h3-9,12-14,22H,10-11H2,1-2H3,(H,28,32)/t22-/m0/s1. The van der Waals surface area contributed by atoms with Crippen LogP contribution in [-0.2, 0) is 11.2 Å². The molecular weight excluding hydrogens is 454 g/mol. The number of hydrogen-bond donors (Lipinski definition) is 1. The van der Waals surface area contributed by atoms with Gasteiger partial charge in [-0.3, -0.25) is 10.1 Å². The minimum absolute atomic E-state index is 0.0920. The van der Waals surface area contributed by atoms with E-state index in [0.29, 0.717) is 28.1 Å². The lowest BCUT2D eigenvalue weighted by Gasteiger charge is -2.12. The smallest absolute Gasteiger partial charge is 0.411 e. The molecule has 3 heterocycles. The molecule has 8 heteroatoms. The number of methoxy groups -OCH3 is 1. The van der Waals surface area contributed by atoms with Gasteiger partial charge < -0.3 is 13.7 Å². The fourth-order valence-corrected chi connectivity index (χ4v) is 4.56. The van der Waals surface area contributed by atoms with E-state index in [-0.39, 0.29) is 11.6 Å². The Balaban J connectivity index is 1.44. The summed E-state index contributed by atoms with van der Waals surface area (Å²) in [6, 6.07) is 18.2. The summed E-state index contributed by atoms with van der Waals surface area (Å²) in [5, 5.41) is 3.25. The van der Waals surface area contributed by atoms with E-state index >= 15 is 0 Å². The van der Waals surface area contributed by atoms with E-state index in [4.69, 9.17) is 21.0 Å². The molecule has 0 saturated heterocycles. The summed E-state index contributed by atoms with van der Waals surface area (Å²) < 4.78 is 12.4. The van der Waals surface area contributed by atoms with Crippen LogP contribution >= 0.6 is 11.6 Å². The summed E-state index contributed by atoms with van der Waals surface area (Å²) in [6.45, 7) is 1.85. The zero-order valence-corrected chi connectivity index (χ0v) is 19.4. The third-order valence-electron chi connectivity index (χ3n) is 5.98. The number of oxazole rings is 1. The molecule has 1 N–H and O–H groups in total. The summed E-state index contributed by atoms with van der Waals surface area (Å²) in [4.78, 5) is 29.2. The highest BCUT2D eigenvalue weighted by Gasteiger charge is 2.30. The Labute approximate surface area is 201 Å². The molecule has 0 bridgehead atoms. The Bertz CT molecular complexity index is 1440. The van der Waals surface area contributed by atoms with Gasteiger partial charge in [0.05, 0.1) is 7.11 Å². The van der Waals surface area contributed by atoms with Gasteiger partial charge in [-0.05, 0) is 61.2 Å². The van der Waals surface area contributed by atoms with Gasteiger partial charge in [-0.25, -0.2) is 9.78 Å². The number of anilines is 1. The molecule has 34 heavy (non-hydrogen) atoms. The summed E-state index contributed by atoms with van der Waals surface area (Å²) in [5.74, 6) is 1.18. The van der Waals surface area contributed by atoms with Crippen molar-refractivity contribution in [2.24, 2.45) is 0 Å². The number of benzene rings is 2. The van der Waals surface area contributed by atoms with Crippen molar-refractivity contribution in [3.8, 4) is 22.4 Å². The summed E-state index contributed by atoms with van der Waals surface area (Å²) >= 11 is 6.13. The van der Waals surface area contributed by atoms with Gasteiger partial charge in [0.2, 0.25) is 5.89 Å². The fourth-order valence-electron chi connectivity index (χ4n) is 4.37. The van der Waals surface area contributed by atoms with E-state index in [1.807, 2.05) is 49.4 Å². The van der Waals surface area contributed by atoms with Crippen molar-refractivity contribution in [1.29, 1.82) is 0 Å². The number of rotatable bonds is 4. The minimum Gasteiger partial charge on any atom is -0.453 e. The predicted octanol–water partition coefficient (Wildman–Crippen LogP) is 5.85. The summed E-state index contributed by atoms with van der Waals surface area (Å²) in [6.07, 6.45) is 0.950. The lowest BCUT2D eigenvalue weighted by molar-refractivity contribution is 0.187. The first-order valence-electron chi connectivity index (χ1n) is 10.9. The third-order valence-corrected chi connectivity index (χ3v) is 6.21. The monoisotopic (exact) mass is 475 g/mol. The number of ether oxygens (including phenoxy) is 1. The lowest BCUT2D eigenvalue weighted by atomic mass is 10.1. The van der Waals surface area contributed by atoms with Gasteiger partial charge in [0.1, 0.15) is 17.5 Å². The van der Waals surface area contributed by atoms with Gasteiger partial charge in [-0.15, -0.1) is 0 Å². The Morgan fingerprint density at radius 1 is 1.12 bits per heavy atom. The van der Waals surface area contributed by atoms with Gasteiger partial charge in [0.15, 0.2) is 0 Å². The van der Waals surface area contributed by atoms with Crippen molar-refractivity contribution in [1.82, 2.24) is 9.55 Å². The van der Waals surface area contributed by atoms with Crippen LogP contribution in [0.25, 0.3) is 22.4 Å². The Hall–Kier alpha value is -3.84. The molecule has 1 atom stereocenters. The van der Waals surface area contributed by atoms with Crippen LogP contribution in [0.5, 0.6) is 0 Å². The molecule has 172 valence electrons. The van der Waals surface area contributed by atoms with E-state index in [1.165, 1.54) is 7.11 Å². The molecule has 4 aromatic rings. The van der Waals surface area contributed by atoms with Gasteiger partial charge >= 0.3 is 6.09 Å². The van der Waals surface area contributed by atoms with E-state index in [0.717, 1.165) is 35.2 Å². The molecule has 0 spiro atoms. The average Bonchev–Trinajstić information content (AvgIpc) is 3.43. The molecule has 1 amide bonds. The number of carbonyl (C=O) groups is 1. The van der Waals surface area contributed by atoms with Crippen molar-refractivity contribution in [2.45, 2.75) is 25.8 Å². The maximum atomic E-state index is 13.1. The highest BCUT2D eigenvalue weighted by Crippen LogP contribution is 2.35. The molecule has 0 saturated carbocycles. The molecule has 2 aromatic carbocycles. The Kier molecular flexibility index (Phi) is 5.71. The summed E-state index contributed by atoms with van der Waals surface area (Å²) in [5.41, 5.74) is 4.79. The van der Waals surface area contributed by atoms with Crippen molar-refractivity contribution in [3.63, 3.8) is 0 Å². The number of carbonyl (C=O) groups excluding carboxylic acids is 1. The number of hydrogen-bond acceptors (Lipinski definition) is 5. The second kappa shape index (κ2) is 8.83. The first kappa shape index (κ1) is 22.0. The number of fused-ring (bicyclic) bond motifs is 1. The van der Waals surface area contributed by atoms with Crippen LogP contribution in [0, 0.1) is 6.92 Å². The second-order valence-corrected chi connectivity index (χ2v) is 8.60. The van der Waals surface area contributed by atoms with E-state index in [2.05, 4.69) is 10.1 Å². The average molecular weight is 476 g/mol. The maximum absolute atomic E-state index is 13.1.